The van der Waals surface area contributed by atoms with Crippen LogP contribution in [-0.4, -0.2) is 0 Å². The predicted molar refractivity (Wildman–Crippen MR) is 67.7 cm³/mol. The molecule has 1 heterocycles. The van der Waals surface area contributed by atoms with Gasteiger partial charge in [0, 0.05) is 6.04 Å². The van der Waals surface area contributed by atoms with Crippen molar-refractivity contribution in [1.29, 1.82) is 0 Å². The van der Waals surface area contributed by atoms with Gasteiger partial charge in [-0.2, -0.15) is 11.3 Å². The number of hydrogen-bond acceptors (Lipinski definition) is 3. The van der Waals surface area contributed by atoms with Crippen molar-refractivity contribution in [1.82, 2.24) is 5.43 Å². The van der Waals surface area contributed by atoms with E-state index >= 15 is 0 Å². The lowest BCUT2D eigenvalue weighted by Gasteiger charge is -2.25. The van der Waals surface area contributed by atoms with Gasteiger partial charge in [0.15, 0.2) is 0 Å². The summed E-state index contributed by atoms with van der Waals surface area (Å²) >= 11 is 1.74. The van der Waals surface area contributed by atoms with Gasteiger partial charge in [-0.15, -0.1) is 0 Å². The maximum atomic E-state index is 5.68. The summed E-state index contributed by atoms with van der Waals surface area (Å²) in [5, 5.41) is 4.32. The second kappa shape index (κ2) is 6.99. The molecule has 15 heavy (non-hydrogen) atoms. The number of hydrogen-bond donors (Lipinski definition) is 2. The van der Waals surface area contributed by atoms with Gasteiger partial charge in [-0.1, -0.05) is 26.7 Å². The third kappa shape index (κ3) is 3.59. The first-order valence-electron chi connectivity index (χ1n) is 5.81. The van der Waals surface area contributed by atoms with Crippen LogP contribution in [0.4, 0.5) is 0 Å². The number of thiophene rings is 1. The molecule has 0 saturated carbocycles. The first kappa shape index (κ1) is 12.7. The Morgan fingerprint density at radius 2 is 2.00 bits per heavy atom. The fourth-order valence-electron chi connectivity index (χ4n) is 2.18. The fraction of sp³-hybridized carbons (Fsp3) is 0.667. The Kier molecular flexibility index (Phi) is 5.91. The molecule has 0 aliphatic heterocycles. The molecule has 0 fully saturated rings. The Bertz CT molecular complexity index is 240. The zero-order chi connectivity index (χ0) is 11.1. The highest BCUT2D eigenvalue weighted by atomic mass is 32.1. The third-order valence-corrected chi connectivity index (χ3v) is 3.57. The van der Waals surface area contributed by atoms with Crippen LogP contribution in [0.5, 0.6) is 0 Å². The summed E-state index contributed by atoms with van der Waals surface area (Å²) in [6.45, 7) is 4.48. The Hall–Kier alpha value is -0.380. The highest BCUT2D eigenvalue weighted by Crippen LogP contribution is 2.30. The van der Waals surface area contributed by atoms with Gasteiger partial charge in [0.25, 0.3) is 0 Å². The monoisotopic (exact) mass is 226 g/mol. The van der Waals surface area contributed by atoms with Crippen LogP contribution in [0.3, 0.4) is 0 Å². The smallest absolute Gasteiger partial charge is 0.0496 e. The van der Waals surface area contributed by atoms with Crippen LogP contribution in [0.1, 0.15) is 51.1 Å². The Morgan fingerprint density at radius 1 is 1.33 bits per heavy atom. The lowest BCUT2D eigenvalue weighted by molar-refractivity contribution is 0.320. The Labute approximate surface area is 96.9 Å². The molecule has 0 amide bonds. The minimum absolute atomic E-state index is 0.330. The van der Waals surface area contributed by atoms with Gasteiger partial charge < -0.3 is 0 Å². The first-order valence-corrected chi connectivity index (χ1v) is 6.75. The number of hydrazine groups is 1. The molecule has 1 aromatic rings. The van der Waals surface area contributed by atoms with Crippen LogP contribution in [0.25, 0.3) is 0 Å². The molecule has 0 saturated heterocycles. The first-order chi connectivity index (χ1) is 7.33. The maximum Gasteiger partial charge on any atom is 0.0496 e. The van der Waals surface area contributed by atoms with Gasteiger partial charge >= 0.3 is 0 Å². The Balaban J connectivity index is 2.69. The van der Waals surface area contributed by atoms with E-state index in [1.807, 2.05) is 0 Å². The van der Waals surface area contributed by atoms with E-state index in [1.54, 1.807) is 11.3 Å². The predicted octanol–water partition coefficient (Wildman–Crippen LogP) is 3.47. The molecule has 3 N–H and O–H groups in total. The van der Waals surface area contributed by atoms with E-state index in [-0.39, 0.29) is 0 Å². The average molecular weight is 226 g/mol. The highest BCUT2D eigenvalue weighted by molar-refractivity contribution is 7.07. The van der Waals surface area contributed by atoms with E-state index < -0.39 is 0 Å². The van der Waals surface area contributed by atoms with Crippen molar-refractivity contribution >= 4 is 11.3 Å². The van der Waals surface area contributed by atoms with Crippen LogP contribution < -0.4 is 11.3 Å². The van der Waals surface area contributed by atoms with Gasteiger partial charge in [-0.3, -0.25) is 11.3 Å². The quantitative estimate of drug-likeness (QED) is 0.552. The second-order valence-electron chi connectivity index (χ2n) is 4.04. The summed E-state index contributed by atoms with van der Waals surface area (Å²) in [6, 6.07) is 2.50. The van der Waals surface area contributed by atoms with Gasteiger partial charge in [0.05, 0.1) is 0 Å². The lowest BCUT2D eigenvalue weighted by atomic mass is 9.87. The summed E-state index contributed by atoms with van der Waals surface area (Å²) in [5.41, 5.74) is 4.32. The van der Waals surface area contributed by atoms with Crippen molar-refractivity contribution in [2.45, 2.75) is 45.6 Å². The standard InChI is InChI=1S/C12H22N2S/c1-3-5-10(6-4-2)12(14-13)11-7-8-15-9-11/h7-10,12,14H,3-6,13H2,1-2H3. The normalized spacial score (nSPS) is 13.3. The molecule has 0 spiro atoms. The minimum atomic E-state index is 0.330. The van der Waals surface area contributed by atoms with Crippen LogP contribution >= 0.6 is 11.3 Å². The van der Waals surface area contributed by atoms with E-state index in [2.05, 4.69) is 36.1 Å². The highest BCUT2D eigenvalue weighted by Gasteiger charge is 2.20. The molecule has 0 aliphatic rings. The van der Waals surface area contributed by atoms with Gasteiger partial charge in [-0.25, -0.2) is 0 Å². The summed E-state index contributed by atoms with van der Waals surface area (Å²) in [5.74, 6) is 6.35. The molecular weight excluding hydrogens is 204 g/mol. The molecule has 1 atom stereocenters. The topological polar surface area (TPSA) is 38.0 Å². The maximum absolute atomic E-state index is 5.68. The van der Waals surface area contributed by atoms with Gasteiger partial charge in [0.1, 0.15) is 0 Å². The Morgan fingerprint density at radius 3 is 2.40 bits per heavy atom. The zero-order valence-electron chi connectivity index (χ0n) is 9.70. The molecule has 86 valence electrons. The number of nitrogens with two attached hydrogens (primary N) is 1. The van der Waals surface area contributed by atoms with E-state index in [9.17, 15) is 0 Å². The molecule has 2 nitrogen and oxygen atoms in total. The van der Waals surface area contributed by atoms with Crippen molar-refractivity contribution in [2.75, 3.05) is 0 Å². The molecule has 0 bridgehead atoms. The van der Waals surface area contributed by atoms with Gasteiger partial charge in [-0.05, 0) is 41.1 Å². The van der Waals surface area contributed by atoms with Crippen LogP contribution in [0.2, 0.25) is 0 Å². The molecule has 1 unspecified atom stereocenters. The number of nitrogens with one attached hydrogen (secondary N) is 1. The lowest BCUT2D eigenvalue weighted by Crippen LogP contribution is -2.33. The van der Waals surface area contributed by atoms with Crippen molar-refractivity contribution in [3.63, 3.8) is 0 Å². The average Bonchev–Trinajstić information content (AvgIpc) is 2.73. The molecule has 0 aliphatic carbocycles. The molecule has 0 radical (unpaired) electrons. The second-order valence-corrected chi connectivity index (χ2v) is 4.82. The third-order valence-electron chi connectivity index (χ3n) is 2.87. The van der Waals surface area contributed by atoms with Crippen molar-refractivity contribution < 1.29 is 0 Å². The molecular formula is C12H22N2S. The van der Waals surface area contributed by atoms with E-state index in [4.69, 9.17) is 5.84 Å². The summed E-state index contributed by atoms with van der Waals surface area (Å²) in [7, 11) is 0. The fourth-order valence-corrected chi connectivity index (χ4v) is 2.87. The SMILES string of the molecule is CCCC(CCC)C(NN)c1ccsc1. The van der Waals surface area contributed by atoms with Gasteiger partial charge in [0.2, 0.25) is 0 Å². The number of rotatable bonds is 7. The molecule has 1 aromatic heterocycles. The van der Waals surface area contributed by atoms with E-state index in [1.165, 1.54) is 31.2 Å². The summed E-state index contributed by atoms with van der Waals surface area (Å²) in [6.07, 6.45) is 4.96. The van der Waals surface area contributed by atoms with Crippen molar-refractivity contribution in [2.24, 2.45) is 11.8 Å². The van der Waals surface area contributed by atoms with Crippen molar-refractivity contribution in [3.8, 4) is 0 Å². The van der Waals surface area contributed by atoms with Crippen molar-refractivity contribution in [3.05, 3.63) is 22.4 Å². The molecule has 3 heteroatoms. The minimum Gasteiger partial charge on any atom is -0.271 e. The zero-order valence-corrected chi connectivity index (χ0v) is 10.5. The molecule has 0 aromatic carbocycles. The van der Waals surface area contributed by atoms with Crippen LogP contribution in [-0.2, 0) is 0 Å². The summed E-state index contributed by atoms with van der Waals surface area (Å²) in [4.78, 5) is 0. The van der Waals surface area contributed by atoms with E-state index in [0.29, 0.717) is 12.0 Å². The largest absolute Gasteiger partial charge is 0.271 e. The van der Waals surface area contributed by atoms with Crippen LogP contribution in [0, 0.1) is 5.92 Å². The summed E-state index contributed by atoms with van der Waals surface area (Å²) < 4.78 is 0. The molecule has 1 rings (SSSR count). The van der Waals surface area contributed by atoms with Crippen LogP contribution in [0.15, 0.2) is 16.8 Å². The van der Waals surface area contributed by atoms with E-state index in [0.717, 1.165) is 0 Å².